The van der Waals surface area contributed by atoms with Crippen molar-refractivity contribution < 1.29 is 49.3 Å². The molecule has 1 heterocycles. The van der Waals surface area contributed by atoms with E-state index in [0.717, 1.165) is 96.3 Å². The average molecular weight is 1090 g/mol. The van der Waals surface area contributed by atoms with Crippen LogP contribution >= 0.6 is 0 Å². The highest BCUT2D eigenvalue weighted by Crippen LogP contribution is 2.26. The molecule has 0 aromatic carbocycles. The predicted molar refractivity (Wildman–Crippen MR) is 320 cm³/mol. The van der Waals surface area contributed by atoms with Crippen molar-refractivity contribution in [2.45, 2.75) is 333 Å². The Labute approximate surface area is 471 Å². The van der Waals surface area contributed by atoms with Gasteiger partial charge in [-0.05, 0) is 83.5 Å². The van der Waals surface area contributed by atoms with Crippen molar-refractivity contribution in [3.8, 4) is 0 Å². The van der Waals surface area contributed by atoms with E-state index in [9.17, 15) is 35.1 Å². The maximum Gasteiger partial charge on any atom is 0.306 e. The molecule has 0 bridgehead atoms. The molecule has 0 saturated carbocycles. The summed E-state index contributed by atoms with van der Waals surface area (Å²) in [6.45, 7) is 5.66. The number of hydrogen-bond acceptors (Lipinski definition) is 10. The summed E-state index contributed by atoms with van der Waals surface area (Å²) in [5.41, 5.74) is 0. The van der Waals surface area contributed by atoms with Crippen LogP contribution in [0.1, 0.15) is 284 Å². The van der Waals surface area contributed by atoms with Crippen molar-refractivity contribution in [3.63, 3.8) is 0 Å². The summed E-state index contributed by atoms with van der Waals surface area (Å²) >= 11 is 0. The van der Waals surface area contributed by atoms with E-state index in [2.05, 4.69) is 74.7 Å². The number of nitrogens with one attached hydrogen (secondary N) is 1. The highest BCUT2D eigenvalue weighted by atomic mass is 16.7. The first-order chi connectivity index (χ1) is 37.7. The minimum Gasteiger partial charge on any atom is -0.454 e. The molecule has 6 N–H and O–H groups in total. The van der Waals surface area contributed by atoms with Gasteiger partial charge in [0.2, 0.25) is 5.91 Å². The molecule has 1 aliphatic rings. The van der Waals surface area contributed by atoms with Gasteiger partial charge in [-0.3, -0.25) is 9.59 Å². The third-order valence-corrected chi connectivity index (χ3v) is 14.9. The highest BCUT2D eigenvalue weighted by Gasteiger charge is 2.47. The van der Waals surface area contributed by atoms with E-state index in [1.807, 2.05) is 6.08 Å². The number of amides is 1. The number of ether oxygens (including phenoxy) is 3. The number of hydrogen-bond donors (Lipinski definition) is 6. The Bertz CT molecular complexity index is 1480. The van der Waals surface area contributed by atoms with Gasteiger partial charge in [0.1, 0.15) is 24.4 Å². The molecule has 0 aromatic heterocycles. The third-order valence-electron chi connectivity index (χ3n) is 14.9. The molecule has 0 radical (unpaired) electrons. The standard InChI is InChI=1S/C66H119NO10/c1-4-7-10-13-16-19-22-25-26-27-28-29-30-31-32-33-34-36-39-42-45-48-51-54-61(71)77-64-63(73)62(72)60(55-68)76-66(64)75-56-57(58(69)52-49-46-43-40-37-24-21-18-15-12-9-6-3)67-65(74)59(70)53-50-47-44-41-38-35-23-20-17-14-11-8-5-2/h8,11,16-17,19-20,25-26,49,52,57-60,62-64,66,68-70,72-73H,4-7,9-10,12-15,18,21-24,27-48,50-51,53-56H2,1-3H3,(H,67,74)/b11-8+,19-16-,20-17+,26-25-,52-49+. The van der Waals surface area contributed by atoms with Crippen LogP contribution in [-0.2, 0) is 23.8 Å². The lowest BCUT2D eigenvalue weighted by Crippen LogP contribution is -2.61. The number of aliphatic hydroxyl groups excluding tert-OH is 5. The molecule has 77 heavy (non-hydrogen) atoms. The van der Waals surface area contributed by atoms with E-state index in [4.69, 9.17) is 14.2 Å². The van der Waals surface area contributed by atoms with Crippen LogP contribution in [0.2, 0.25) is 0 Å². The molecule has 1 aliphatic heterocycles. The predicted octanol–water partition coefficient (Wildman–Crippen LogP) is 15.4. The van der Waals surface area contributed by atoms with Gasteiger partial charge in [0, 0.05) is 6.42 Å². The van der Waals surface area contributed by atoms with Crippen LogP contribution in [0.5, 0.6) is 0 Å². The Morgan fingerprint density at radius 2 is 0.935 bits per heavy atom. The number of allylic oxidation sites excluding steroid dienone is 9. The number of rotatable bonds is 54. The van der Waals surface area contributed by atoms with Crippen molar-refractivity contribution in [1.29, 1.82) is 0 Å². The molecule has 8 unspecified atom stereocenters. The Kier molecular flexibility index (Phi) is 50.7. The Morgan fingerprint density at radius 3 is 1.42 bits per heavy atom. The quantitative estimate of drug-likeness (QED) is 0.0195. The number of carbonyl (C=O) groups is 2. The summed E-state index contributed by atoms with van der Waals surface area (Å²) in [4.78, 5) is 26.5. The number of unbranched alkanes of at least 4 members (excludes halogenated alkanes) is 32. The molecule has 1 saturated heterocycles. The number of carbonyl (C=O) groups excluding carboxylic acids is 2. The van der Waals surface area contributed by atoms with Crippen molar-refractivity contribution in [3.05, 3.63) is 60.8 Å². The molecule has 1 amide bonds. The zero-order valence-corrected chi connectivity index (χ0v) is 49.6. The number of aliphatic hydroxyl groups is 5. The van der Waals surface area contributed by atoms with E-state index in [-0.39, 0.29) is 19.4 Å². The fraction of sp³-hybridized carbons (Fsp3) is 0.818. The lowest BCUT2D eigenvalue weighted by Gasteiger charge is -2.41. The SMILES string of the molecule is CC/C=C/C/C=C/CCCCCCCCC(O)C(=O)NC(COC1OC(CO)C(O)C(O)C1OC(=O)CCCCCCCCCCCCCCC/C=C\C/C=C\CCCCC)C(O)/C=C/CCCCCCCCCCCC. The van der Waals surface area contributed by atoms with Gasteiger partial charge in [0.15, 0.2) is 12.4 Å². The highest BCUT2D eigenvalue weighted by molar-refractivity contribution is 5.80. The second-order valence-corrected chi connectivity index (χ2v) is 22.1. The fourth-order valence-electron chi connectivity index (χ4n) is 9.84. The third kappa shape index (κ3) is 42.0. The van der Waals surface area contributed by atoms with Crippen molar-refractivity contribution in [1.82, 2.24) is 5.32 Å². The van der Waals surface area contributed by atoms with Crippen LogP contribution in [-0.4, -0.2) is 99.6 Å². The molecule has 1 fully saturated rings. The van der Waals surface area contributed by atoms with Crippen LogP contribution in [0.25, 0.3) is 0 Å². The van der Waals surface area contributed by atoms with Gasteiger partial charge in [-0.2, -0.15) is 0 Å². The molecule has 0 aromatic rings. The van der Waals surface area contributed by atoms with Gasteiger partial charge in [0.05, 0.1) is 25.4 Å². The summed E-state index contributed by atoms with van der Waals surface area (Å²) in [5.74, 6) is -1.20. The van der Waals surface area contributed by atoms with Crippen LogP contribution in [0.15, 0.2) is 60.8 Å². The second kappa shape index (κ2) is 54.0. The zero-order chi connectivity index (χ0) is 56.1. The molecule has 11 heteroatoms. The summed E-state index contributed by atoms with van der Waals surface area (Å²) < 4.78 is 17.6. The maximum atomic E-state index is 13.4. The minimum atomic E-state index is -1.62. The molecular formula is C66H119NO10. The van der Waals surface area contributed by atoms with Gasteiger partial charge < -0.3 is 45.1 Å². The minimum absolute atomic E-state index is 0.121. The zero-order valence-electron chi connectivity index (χ0n) is 49.6. The first kappa shape index (κ1) is 72.4. The van der Waals surface area contributed by atoms with E-state index >= 15 is 0 Å². The summed E-state index contributed by atoms with van der Waals surface area (Å²) in [5, 5.41) is 57.0. The van der Waals surface area contributed by atoms with E-state index < -0.39 is 67.4 Å². The summed E-state index contributed by atoms with van der Waals surface area (Å²) in [6, 6.07) is -1.03. The van der Waals surface area contributed by atoms with Crippen molar-refractivity contribution in [2.24, 2.45) is 0 Å². The van der Waals surface area contributed by atoms with Gasteiger partial charge in [-0.15, -0.1) is 0 Å². The van der Waals surface area contributed by atoms with Gasteiger partial charge in [-0.1, -0.05) is 255 Å². The van der Waals surface area contributed by atoms with Gasteiger partial charge >= 0.3 is 5.97 Å². The monoisotopic (exact) mass is 1090 g/mol. The molecular weight excluding hydrogens is 967 g/mol. The van der Waals surface area contributed by atoms with Crippen molar-refractivity contribution in [2.75, 3.05) is 13.2 Å². The van der Waals surface area contributed by atoms with Gasteiger partial charge in [0.25, 0.3) is 0 Å². The molecule has 0 aliphatic carbocycles. The largest absolute Gasteiger partial charge is 0.454 e. The lowest BCUT2D eigenvalue weighted by atomic mass is 9.99. The van der Waals surface area contributed by atoms with Crippen molar-refractivity contribution >= 4 is 11.9 Å². The molecule has 448 valence electrons. The van der Waals surface area contributed by atoms with E-state index in [0.29, 0.717) is 12.8 Å². The van der Waals surface area contributed by atoms with E-state index in [1.165, 1.54) is 141 Å². The smallest absolute Gasteiger partial charge is 0.306 e. The van der Waals surface area contributed by atoms with Crippen LogP contribution < -0.4 is 5.32 Å². The first-order valence-corrected chi connectivity index (χ1v) is 32.1. The average Bonchev–Trinajstić information content (AvgIpc) is 3.43. The topological polar surface area (TPSA) is 175 Å². The molecule has 11 nitrogen and oxygen atoms in total. The second-order valence-electron chi connectivity index (χ2n) is 22.1. The Morgan fingerprint density at radius 1 is 0.519 bits per heavy atom. The van der Waals surface area contributed by atoms with Crippen LogP contribution in [0.4, 0.5) is 0 Å². The normalized spacial score (nSPS) is 19.4. The Hall–Kier alpha value is -2.64. The Balaban J connectivity index is 2.61. The molecule has 0 spiro atoms. The first-order valence-electron chi connectivity index (χ1n) is 32.1. The molecule has 8 atom stereocenters. The lowest BCUT2D eigenvalue weighted by molar-refractivity contribution is -0.305. The molecule has 1 rings (SSSR count). The van der Waals surface area contributed by atoms with Crippen LogP contribution in [0, 0.1) is 0 Å². The van der Waals surface area contributed by atoms with Gasteiger partial charge in [-0.25, -0.2) is 0 Å². The summed E-state index contributed by atoms with van der Waals surface area (Å²) in [7, 11) is 0. The maximum absolute atomic E-state index is 13.4. The fourth-order valence-corrected chi connectivity index (χ4v) is 9.84. The van der Waals surface area contributed by atoms with Crippen LogP contribution in [0.3, 0.4) is 0 Å². The van der Waals surface area contributed by atoms with E-state index in [1.54, 1.807) is 6.08 Å². The summed E-state index contributed by atoms with van der Waals surface area (Å²) in [6.07, 6.45) is 56.9. The number of esters is 1.